The fraction of sp³-hybridized carbons (Fsp3) is 0.500. The summed E-state index contributed by atoms with van der Waals surface area (Å²) in [7, 11) is 3.70. The summed E-state index contributed by atoms with van der Waals surface area (Å²) in [6.45, 7) is 2.06. The fourth-order valence-electron chi connectivity index (χ4n) is 4.85. The number of fused-ring (bicyclic) bond motifs is 8. The highest BCUT2D eigenvalue weighted by Gasteiger charge is 2.36. The second-order valence-electron chi connectivity index (χ2n) is 9.38. The third-order valence-corrected chi connectivity index (χ3v) is 6.97. The quantitative estimate of drug-likeness (QED) is 0.454. The van der Waals surface area contributed by atoms with Crippen molar-refractivity contribution in [2.24, 2.45) is 0 Å². The van der Waals surface area contributed by atoms with Gasteiger partial charge in [-0.1, -0.05) is 0 Å². The molecule has 1 fully saturated rings. The van der Waals surface area contributed by atoms with E-state index >= 15 is 0 Å². The highest BCUT2D eigenvalue weighted by Crippen LogP contribution is 2.38. The number of pyridine rings is 1. The Bertz CT molecular complexity index is 1260. The van der Waals surface area contributed by atoms with Crippen LogP contribution in [0, 0.1) is 0 Å². The van der Waals surface area contributed by atoms with Crippen molar-refractivity contribution in [2.45, 2.75) is 37.5 Å². The molecule has 1 amide bonds. The molecule has 6 rings (SSSR count). The maximum atomic E-state index is 13.9. The molecule has 0 saturated heterocycles. The molecule has 1 aliphatic carbocycles. The normalized spacial score (nSPS) is 22.4. The molecule has 3 aromatic heterocycles. The van der Waals surface area contributed by atoms with E-state index < -0.39 is 11.7 Å². The Morgan fingerprint density at radius 3 is 2.72 bits per heavy atom. The first-order valence-electron chi connectivity index (χ1n) is 11.9. The Hall–Kier alpha value is -3.25. The monoisotopic (exact) mass is 503 g/mol. The molecule has 0 spiro atoms. The molecule has 3 aromatic rings. The second kappa shape index (κ2) is 9.66. The van der Waals surface area contributed by atoms with E-state index in [0.717, 1.165) is 32.0 Å². The van der Waals surface area contributed by atoms with Crippen molar-refractivity contribution in [2.75, 3.05) is 45.7 Å². The van der Waals surface area contributed by atoms with Crippen LogP contribution >= 0.6 is 0 Å². The van der Waals surface area contributed by atoms with E-state index in [1.54, 1.807) is 13.1 Å². The smallest absolute Gasteiger partial charge is 0.378 e. The largest absolute Gasteiger partial charge is 0.419 e. The van der Waals surface area contributed by atoms with Gasteiger partial charge in [-0.25, -0.2) is 15.0 Å². The highest BCUT2D eigenvalue weighted by molar-refractivity contribution is 5.98. The Labute approximate surface area is 206 Å². The number of rotatable bonds is 0. The lowest BCUT2D eigenvalue weighted by Gasteiger charge is -2.25. The summed E-state index contributed by atoms with van der Waals surface area (Å²) in [6, 6.07) is 3.49. The van der Waals surface area contributed by atoms with E-state index in [1.807, 2.05) is 7.05 Å². The van der Waals surface area contributed by atoms with E-state index in [2.05, 4.69) is 30.2 Å². The SMILES string of the molecule is CN1CCOCCN(C)[C@H]2CC[C@@H](C2)Nc2ncc(C(F)(F)F)c(n2)-c2c[nH]c3nc(ccc23)C1=O. The number of halogens is 3. The molecule has 0 aromatic carbocycles. The van der Waals surface area contributed by atoms with Crippen molar-refractivity contribution in [3.8, 4) is 11.3 Å². The van der Waals surface area contributed by atoms with Crippen LogP contribution in [0.1, 0.15) is 35.3 Å². The van der Waals surface area contributed by atoms with Gasteiger partial charge in [-0.15, -0.1) is 0 Å². The van der Waals surface area contributed by atoms with Crippen LogP contribution in [0.5, 0.6) is 0 Å². The second-order valence-corrected chi connectivity index (χ2v) is 9.38. The average Bonchev–Trinajstić information content (AvgIpc) is 3.48. The number of carbonyl (C=O) groups excluding carboxylic acids is 1. The Kier molecular flexibility index (Phi) is 6.56. The first-order chi connectivity index (χ1) is 17.2. The van der Waals surface area contributed by atoms with Gasteiger partial charge in [0.25, 0.3) is 5.91 Å². The number of amides is 1. The minimum absolute atomic E-state index is 0.0559. The number of anilines is 1. The number of likely N-dealkylation sites (N-methyl/N-ethyl adjacent to an activating group) is 2. The van der Waals surface area contributed by atoms with Gasteiger partial charge in [0, 0.05) is 55.6 Å². The van der Waals surface area contributed by atoms with Crippen LogP contribution in [0.15, 0.2) is 24.5 Å². The van der Waals surface area contributed by atoms with E-state index in [0.29, 0.717) is 36.8 Å². The van der Waals surface area contributed by atoms with Crippen molar-refractivity contribution in [3.05, 3.63) is 35.8 Å². The summed E-state index contributed by atoms with van der Waals surface area (Å²) in [5.41, 5.74) is -0.431. The first kappa shape index (κ1) is 24.4. The zero-order chi connectivity index (χ0) is 25.4. The first-order valence-corrected chi connectivity index (χ1v) is 11.9. The topological polar surface area (TPSA) is 99.3 Å². The molecule has 2 aliphatic heterocycles. The van der Waals surface area contributed by atoms with Crippen LogP contribution in [-0.4, -0.2) is 88.1 Å². The number of hydrogen-bond acceptors (Lipinski definition) is 7. The number of alkyl halides is 3. The minimum Gasteiger partial charge on any atom is -0.378 e. The number of nitrogens with zero attached hydrogens (tertiary/aromatic N) is 5. The van der Waals surface area contributed by atoms with Crippen LogP contribution in [0.4, 0.5) is 19.1 Å². The van der Waals surface area contributed by atoms with Gasteiger partial charge in [-0.3, -0.25) is 4.79 Å². The molecule has 1 saturated carbocycles. The number of aromatic amines is 1. The van der Waals surface area contributed by atoms with Gasteiger partial charge < -0.3 is 24.8 Å². The van der Waals surface area contributed by atoms with E-state index in [4.69, 9.17) is 4.74 Å². The number of ether oxygens (including phenoxy) is 1. The van der Waals surface area contributed by atoms with Gasteiger partial charge >= 0.3 is 6.18 Å². The summed E-state index contributed by atoms with van der Waals surface area (Å²) < 4.78 is 47.5. The van der Waals surface area contributed by atoms with Crippen LogP contribution in [0.3, 0.4) is 0 Å². The van der Waals surface area contributed by atoms with Crippen LogP contribution in [0.2, 0.25) is 0 Å². The highest BCUT2D eigenvalue weighted by atomic mass is 19.4. The molecule has 8 bridgehead atoms. The maximum absolute atomic E-state index is 13.9. The lowest BCUT2D eigenvalue weighted by atomic mass is 10.1. The zero-order valence-electron chi connectivity index (χ0n) is 20.1. The molecule has 5 heterocycles. The summed E-state index contributed by atoms with van der Waals surface area (Å²) in [5.74, 6) is -0.149. The molecule has 3 aliphatic rings. The van der Waals surface area contributed by atoms with Crippen molar-refractivity contribution in [3.63, 3.8) is 0 Å². The van der Waals surface area contributed by atoms with Gasteiger partial charge in [0.05, 0.1) is 18.9 Å². The van der Waals surface area contributed by atoms with Crippen molar-refractivity contribution in [1.29, 1.82) is 0 Å². The predicted octanol–water partition coefficient (Wildman–Crippen LogP) is 3.41. The van der Waals surface area contributed by atoms with Crippen LogP contribution < -0.4 is 5.32 Å². The van der Waals surface area contributed by atoms with Gasteiger partial charge in [-0.05, 0) is 38.4 Å². The number of carbonyl (C=O) groups is 1. The van der Waals surface area contributed by atoms with Crippen molar-refractivity contribution in [1.82, 2.24) is 29.7 Å². The third-order valence-electron chi connectivity index (χ3n) is 6.97. The summed E-state index contributed by atoms with van der Waals surface area (Å²) >= 11 is 0. The summed E-state index contributed by atoms with van der Waals surface area (Å²) in [5, 5.41) is 3.67. The molecule has 36 heavy (non-hydrogen) atoms. The summed E-state index contributed by atoms with van der Waals surface area (Å²) in [4.78, 5) is 32.2. The molecule has 192 valence electrons. The zero-order valence-corrected chi connectivity index (χ0v) is 20.1. The Morgan fingerprint density at radius 1 is 1.11 bits per heavy atom. The number of hydrogen-bond donors (Lipinski definition) is 2. The van der Waals surface area contributed by atoms with Gasteiger partial charge in [0.1, 0.15) is 16.9 Å². The minimum atomic E-state index is -4.64. The van der Waals surface area contributed by atoms with Gasteiger partial charge in [0.15, 0.2) is 0 Å². The van der Waals surface area contributed by atoms with E-state index in [9.17, 15) is 18.0 Å². The molecule has 2 atom stereocenters. The Balaban J connectivity index is 1.56. The molecule has 0 radical (unpaired) electrons. The van der Waals surface area contributed by atoms with Gasteiger partial charge in [0.2, 0.25) is 5.95 Å². The number of nitrogens with one attached hydrogen (secondary N) is 2. The fourth-order valence-corrected chi connectivity index (χ4v) is 4.85. The van der Waals surface area contributed by atoms with E-state index in [-0.39, 0.29) is 34.8 Å². The molecular formula is C24H28F3N7O2. The maximum Gasteiger partial charge on any atom is 0.419 e. The Morgan fingerprint density at radius 2 is 1.92 bits per heavy atom. The third kappa shape index (κ3) is 4.87. The van der Waals surface area contributed by atoms with Crippen LogP contribution in [0.25, 0.3) is 22.3 Å². The number of H-pyrrole nitrogens is 1. The van der Waals surface area contributed by atoms with Gasteiger partial charge in [-0.2, -0.15) is 13.2 Å². The average molecular weight is 504 g/mol. The number of aromatic nitrogens is 4. The predicted molar refractivity (Wildman–Crippen MR) is 128 cm³/mol. The van der Waals surface area contributed by atoms with Crippen LogP contribution in [-0.2, 0) is 10.9 Å². The standard InChI is InChI=1S/C24H28F3N7O2/c1-33-7-9-36-10-8-34(2)22(35)19-6-5-16-17(12-28-21(16)31-19)20-18(24(25,26)27)13-29-23(32-20)30-14-3-4-15(33)11-14/h5-6,12-15H,3-4,7-11H2,1-2H3,(H,28,31)(H,29,30,32)/t14-,15-/m0/s1. The van der Waals surface area contributed by atoms with Crippen molar-refractivity contribution >= 4 is 22.9 Å². The molecule has 0 unspecified atom stereocenters. The molecule has 9 nitrogen and oxygen atoms in total. The molecular weight excluding hydrogens is 475 g/mol. The lowest BCUT2D eigenvalue weighted by Crippen LogP contribution is -2.35. The lowest BCUT2D eigenvalue weighted by molar-refractivity contribution is -0.137. The summed E-state index contributed by atoms with van der Waals surface area (Å²) in [6.07, 6.45) is 0.269. The molecule has 2 N–H and O–H groups in total. The van der Waals surface area contributed by atoms with Crippen molar-refractivity contribution < 1.29 is 22.7 Å². The van der Waals surface area contributed by atoms with E-state index in [1.165, 1.54) is 17.2 Å². The molecule has 12 heteroatoms.